The zero-order chi connectivity index (χ0) is 24.4. The predicted molar refractivity (Wildman–Crippen MR) is 129 cm³/mol. The number of rotatable bonds is 7. The van der Waals surface area contributed by atoms with E-state index in [4.69, 9.17) is 4.74 Å². The number of amides is 1. The van der Waals surface area contributed by atoms with Crippen molar-refractivity contribution >= 4 is 27.3 Å². The van der Waals surface area contributed by atoms with Crippen molar-refractivity contribution in [1.29, 1.82) is 0 Å². The van der Waals surface area contributed by atoms with Gasteiger partial charge in [0.1, 0.15) is 10.6 Å². The molecule has 1 heterocycles. The van der Waals surface area contributed by atoms with Gasteiger partial charge in [0.2, 0.25) is 5.91 Å². The fourth-order valence-corrected chi connectivity index (χ4v) is 4.54. The minimum absolute atomic E-state index is 0.0597. The number of nitrogens with zero attached hydrogens (tertiary/aromatic N) is 2. The highest BCUT2D eigenvalue weighted by molar-refractivity contribution is 7.92. The molecule has 1 aromatic heterocycles. The lowest BCUT2D eigenvalue weighted by molar-refractivity contribution is -0.123. The van der Waals surface area contributed by atoms with Crippen LogP contribution in [0.2, 0.25) is 0 Å². The lowest BCUT2D eigenvalue weighted by Gasteiger charge is -2.20. The van der Waals surface area contributed by atoms with E-state index >= 15 is 0 Å². The van der Waals surface area contributed by atoms with Crippen molar-refractivity contribution < 1.29 is 17.9 Å². The molecule has 1 amide bonds. The second-order valence-electron chi connectivity index (χ2n) is 8.86. The molecular weight excluding hydrogens is 440 g/mol. The molecule has 0 unspecified atom stereocenters. The number of benzene rings is 2. The molecule has 2 N–H and O–H groups in total. The number of hydrogen-bond acceptors (Lipinski definition) is 5. The Labute approximate surface area is 195 Å². The van der Waals surface area contributed by atoms with Crippen LogP contribution in [-0.4, -0.2) is 31.2 Å². The van der Waals surface area contributed by atoms with Gasteiger partial charge in [0.05, 0.1) is 36.4 Å². The quantitative estimate of drug-likeness (QED) is 0.535. The second-order valence-corrected chi connectivity index (χ2v) is 10.5. The van der Waals surface area contributed by atoms with Crippen molar-refractivity contribution in [3.05, 3.63) is 65.5 Å². The molecule has 0 radical (unpaired) electrons. The summed E-state index contributed by atoms with van der Waals surface area (Å²) in [6.07, 6.45) is 0. The van der Waals surface area contributed by atoms with E-state index in [1.165, 1.54) is 19.2 Å². The number of hydrogen-bond donors (Lipinski definition) is 2. The molecule has 9 heteroatoms. The Morgan fingerprint density at radius 3 is 2.36 bits per heavy atom. The van der Waals surface area contributed by atoms with Crippen LogP contribution in [0.5, 0.6) is 5.75 Å². The summed E-state index contributed by atoms with van der Waals surface area (Å²) in [5.74, 6) is 0.122. The first-order valence-electron chi connectivity index (χ1n) is 10.5. The average Bonchev–Trinajstić information content (AvgIpc) is 3.00. The molecule has 3 aromatic rings. The topological polar surface area (TPSA) is 102 Å². The average molecular weight is 471 g/mol. The lowest BCUT2D eigenvalue weighted by Crippen LogP contribution is -2.28. The van der Waals surface area contributed by atoms with Gasteiger partial charge >= 0.3 is 0 Å². The Morgan fingerprint density at radius 2 is 1.76 bits per heavy atom. The lowest BCUT2D eigenvalue weighted by atomic mass is 9.95. The largest absolute Gasteiger partial charge is 0.497 e. The Hall–Kier alpha value is -3.33. The van der Waals surface area contributed by atoms with Crippen LogP contribution in [0.4, 0.5) is 11.4 Å². The van der Waals surface area contributed by atoms with Gasteiger partial charge in [-0.15, -0.1) is 0 Å². The van der Waals surface area contributed by atoms with E-state index in [0.717, 1.165) is 5.56 Å². The molecular formula is C24H30N4O4S. The highest BCUT2D eigenvalue weighted by Crippen LogP contribution is 2.31. The SMILES string of the molecule is COc1ccc(S(=O)(=O)Nc2c(C)nn(Cc3ccccc3)c2C)c(NC(=O)C(C)(C)C)c1. The minimum Gasteiger partial charge on any atom is -0.497 e. The van der Waals surface area contributed by atoms with E-state index < -0.39 is 15.4 Å². The molecule has 0 spiro atoms. The number of ether oxygens (including phenoxy) is 1. The molecule has 0 saturated carbocycles. The Bertz CT molecular complexity index is 1260. The summed E-state index contributed by atoms with van der Waals surface area (Å²) >= 11 is 0. The van der Waals surface area contributed by atoms with Gasteiger partial charge in [-0.2, -0.15) is 5.10 Å². The molecule has 0 aliphatic rings. The van der Waals surface area contributed by atoms with E-state index in [-0.39, 0.29) is 16.5 Å². The van der Waals surface area contributed by atoms with Crippen molar-refractivity contribution in [3.63, 3.8) is 0 Å². The summed E-state index contributed by atoms with van der Waals surface area (Å²) in [5, 5.41) is 7.24. The molecule has 0 bridgehead atoms. The fourth-order valence-electron chi connectivity index (χ4n) is 3.22. The third-order valence-electron chi connectivity index (χ3n) is 5.20. The highest BCUT2D eigenvalue weighted by Gasteiger charge is 2.27. The van der Waals surface area contributed by atoms with E-state index in [2.05, 4.69) is 15.1 Å². The van der Waals surface area contributed by atoms with Gasteiger partial charge in [-0.05, 0) is 31.5 Å². The Morgan fingerprint density at radius 1 is 1.09 bits per heavy atom. The van der Waals surface area contributed by atoms with Crippen LogP contribution >= 0.6 is 0 Å². The zero-order valence-corrected chi connectivity index (χ0v) is 20.6. The monoisotopic (exact) mass is 470 g/mol. The molecule has 0 fully saturated rings. The van der Waals surface area contributed by atoms with Crippen molar-refractivity contribution in [3.8, 4) is 5.75 Å². The summed E-state index contributed by atoms with van der Waals surface area (Å²) in [6, 6.07) is 14.3. The summed E-state index contributed by atoms with van der Waals surface area (Å²) in [5.41, 5.74) is 2.15. The number of methoxy groups -OCH3 is 1. The van der Waals surface area contributed by atoms with E-state index in [0.29, 0.717) is 29.4 Å². The second kappa shape index (κ2) is 9.27. The van der Waals surface area contributed by atoms with E-state index in [9.17, 15) is 13.2 Å². The van der Waals surface area contributed by atoms with Crippen LogP contribution in [0.1, 0.15) is 37.7 Å². The number of sulfonamides is 1. The van der Waals surface area contributed by atoms with Gasteiger partial charge in [0, 0.05) is 11.5 Å². The molecule has 8 nitrogen and oxygen atoms in total. The van der Waals surface area contributed by atoms with Gasteiger partial charge in [0.25, 0.3) is 10.0 Å². The van der Waals surface area contributed by atoms with Crippen molar-refractivity contribution in [2.75, 3.05) is 17.1 Å². The van der Waals surface area contributed by atoms with Crippen LogP contribution in [0.15, 0.2) is 53.4 Å². The molecule has 2 aromatic carbocycles. The van der Waals surface area contributed by atoms with Gasteiger partial charge in [-0.3, -0.25) is 14.2 Å². The number of nitrogens with one attached hydrogen (secondary N) is 2. The maximum absolute atomic E-state index is 13.4. The fraction of sp³-hybridized carbons (Fsp3) is 0.333. The molecule has 0 aliphatic carbocycles. The third-order valence-corrected chi connectivity index (χ3v) is 6.61. The number of aromatic nitrogens is 2. The van der Waals surface area contributed by atoms with Crippen LogP contribution in [0, 0.1) is 19.3 Å². The van der Waals surface area contributed by atoms with Gasteiger partial charge in [0.15, 0.2) is 0 Å². The first-order chi connectivity index (χ1) is 15.4. The van der Waals surface area contributed by atoms with Crippen LogP contribution in [-0.2, 0) is 21.4 Å². The predicted octanol–water partition coefficient (Wildman–Crippen LogP) is 4.34. The van der Waals surface area contributed by atoms with E-state index in [1.807, 2.05) is 37.3 Å². The maximum Gasteiger partial charge on any atom is 0.264 e. The molecule has 0 saturated heterocycles. The number of aryl methyl sites for hydroxylation is 1. The Kier molecular flexibility index (Phi) is 6.83. The van der Waals surface area contributed by atoms with Gasteiger partial charge in [-0.1, -0.05) is 51.1 Å². The number of anilines is 2. The molecule has 176 valence electrons. The van der Waals surface area contributed by atoms with Crippen molar-refractivity contribution in [2.24, 2.45) is 5.41 Å². The molecule has 3 rings (SSSR count). The summed E-state index contributed by atoms with van der Waals surface area (Å²) in [4.78, 5) is 12.5. The minimum atomic E-state index is -4.04. The highest BCUT2D eigenvalue weighted by atomic mass is 32.2. The van der Waals surface area contributed by atoms with Crippen LogP contribution in [0.25, 0.3) is 0 Å². The summed E-state index contributed by atoms with van der Waals surface area (Å²) in [7, 11) is -2.56. The number of carbonyl (C=O) groups excluding carboxylic acids is 1. The van der Waals surface area contributed by atoms with Crippen molar-refractivity contribution in [1.82, 2.24) is 9.78 Å². The first kappa shape index (κ1) is 24.3. The zero-order valence-electron chi connectivity index (χ0n) is 19.8. The van der Waals surface area contributed by atoms with Crippen molar-refractivity contribution in [2.45, 2.75) is 46.1 Å². The maximum atomic E-state index is 13.4. The van der Waals surface area contributed by atoms with Crippen LogP contribution < -0.4 is 14.8 Å². The normalized spacial score (nSPS) is 11.8. The molecule has 0 aliphatic heterocycles. The molecule has 33 heavy (non-hydrogen) atoms. The van der Waals surface area contributed by atoms with Crippen LogP contribution in [0.3, 0.4) is 0 Å². The number of carbonyl (C=O) groups is 1. The van der Waals surface area contributed by atoms with E-state index in [1.54, 1.807) is 38.4 Å². The van der Waals surface area contributed by atoms with Gasteiger partial charge < -0.3 is 10.1 Å². The third kappa shape index (κ3) is 5.54. The summed E-state index contributed by atoms with van der Waals surface area (Å²) < 4.78 is 36.4. The standard InChI is InChI=1S/C24H30N4O4S/c1-16-22(17(2)28(26-16)15-18-10-8-7-9-11-18)27-33(30,31)21-13-12-19(32-6)14-20(21)25-23(29)24(3,4)5/h7-14,27H,15H2,1-6H3,(H,25,29). The summed E-state index contributed by atoms with van der Waals surface area (Å²) in [6.45, 7) is 9.35. The first-order valence-corrected chi connectivity index (χ1v) is 12.0. The van der Waals surface area contributed by atoms with Gasteiger partial charge in [-0.25, -0.2) is 8.42 Å². The molecule has 0 atom stereocenters. The smallest absolute Gasteiger partial charge is 0.264 e. The Balaban J connectivity index is 1.96.